The van der Waals surface area contributed by atoms with Crippen LogP contribution in [-0.2, 0) is 6.42 Å². The van der Waals surface area contributed by atoms with Gasteiger partial charge in [0.25, 0.3) is 0 Å². The summed E-state index contributed by atoms with van der Waals surface area (Å²) >= 11 is 0. The fourth-order valence-corrected chi connectivity index (χ4v) is 0.883. The largest absolute Gasteiger partial charge is 0.411 e. The smallest absolute Gasteiger partial charge is 0.409 e. The molecule has 0 fully saturated rings. The Hall–Kier alpha value is -2.02. The van der Waals surface area contributed by atoms with Crippen LogP contribution in [0.15, 0.2) is 24.3 Å². The first-order valence-corrected chi connectivity index (χ1v) is 3.65. The molecule has 0 radical (unpaired) electrons. The first-order chi connectivity index (χ1) is 6.22. The number of amides is 1. The summed E-state index contributed by atoms with van der Waals surface area (Å²) in [6, 6.07) is 8.62. The molecule has 4 nitrogen and oxygen atoms in total. The number of nitrogens with zero attached hydrogens (tertiary/aromatic N) is 1. The molecule has 1 aromatic rings. The predicted molar refractivity (Wildman–Crippen MR) is 46.0 cm³/mol. The SMILES string of the molecule is N#CCc1ccc(OC(N)=O)cc1. The van der Waals surface area contributed by atoms with E-state index >= 15 is 0 Å². The summed E-state index contributed by atoms with van der Waals surface area (Å²) in [6.45, 7) is 0. The van der Waals surface area contributed by atoms with Crippen LogP contribution < -0.4 is 10.5 Å². The molecule has 1 aromatic carbocycles. The number of ether oxygens (including phenoxy) is 1. The molecule has 0 bridgehead atoms. The minimum absolute atomic E-state index is 0.344. The van der Waals surface area contributed by atoms with Crippen LogP contribution in [0.5, 0.6) is 5.75 Å². The van der Waals surface area contributed by atoms with Gasteiger partial charge in [0, 0.05) is 0 Å². The number of benzene rings is 1. The average molecular weight is 176 g/mol. The molecular weight excluding hydrogens is 168 g/mol. The van der Waals surface area contributed by atoms with Crippen molar-refractivity contribution in [2.24, 2.45) is 5.73 Å². The number of nitrogens with two attached hydrogens (primary N) is 1. The number of nitriles is 1. The highest BCUT2D eigenvalue weighted by Gasteiger charge is 1.97. The van der Waals surface area contributed by atoms with Gasteiger partial charge in [-0.2, -0.15) is 5.26 Å². The molecule has 13 heavy (non-hydrogen) atoms. The lowest BCUT2D eigenvalue weighted by atomic mass is 10.2. The highest BCUT2D eigenvalue weighted by Crippen LogP contribution is 2.11. The van der Waals surface area contributed by atoms with Gasteiger partial charge in [-0.05, 0) is 17.7 Å². The molecule has 0 aliphatic carbocycles. The molecule has 0 saturated heterocycles. The Morgan fingerprint density at radius 3 is 2.54 bits per heavy atom. The highest BCUT2D eigenvalue weighted by molar-refractivity contribution is 5.67. The molecule has 0 aliphatic heterocycles. The number of hydrogen-bond acceptors (Lipinski definition) is 3. The van der Waals surface area contributed by atoms with Gasteiger partial charge in [0.1, 0.15) is 5.75 Å². The third-order valence-electron chi connectivity index (χ3n) is 1.42. The van der Waals surface area contributed by atoms with E-state index in [0.717, 1.165) is 5.56 Å². The second kappa shape index (κ2) is 4.12. The second-order valence-electron chi connectivity index (χ2n) is 2.40. The van der Waals surface area contributed by atoms with Crippen molar-refractivity contribution in [3.8, 4) is 11.8 Å². The Balaban J connectivity index is 2.70. The second-order valence-corrected chi connectivity index (χ2v) is 2.40. The van der Waals surface area contributed by atoms with Crippen LogP contribution in [0.25, 0.3) is 0 Å². The quantitative estimate of drug-likeness (QED) is 0.735. The maximum atomic E-state index is 10.3. The van der Waals surface area contributed by atoms with Gasteiger partial charge < -0.3 is 10.5 Å². The van der Waals surface area contributed by atoms with Crippen LogP contribution in [0.4, 0.5) is 4.79 Å². The lowest BCUT2D eigenvalue weighted by molar-refractivity contribution is 0.211. The van der Waals surface area contributed by atoms with Crippen LogP contribution in [0, 0.1) is 11.3 Å². The summed E-state index contributed by atoms with van der Waals surface area (Å²) in [6.07, 6.45) is -0.496. The molecule has 2 N–H and O–H groups in total. The Labute approximate surface area is 75.5 Å². The maximum absolute atomic E-state index is 10.3. The third-order valence-corrected chi connectivity index (χ3v) is 1.42. The molecule has 66 valence electrons. The first kappa shape index (κ1) is 9.07. The van der Waals surface area contributed by atoms with Crippen molar-refractivity contribution in [3.05, 3.63) is 29.8 Å². The van der Waals surface area contributed by atoms with Crippen molar-refractivity contribution in [2.75, 3.05) is 0 Å². The molecule has 0 unspecified atom stereocenters. The average Bonchev–Trinajstić information content (AvgIpc) is 2.08. The number of carbonyl (C=O) groups excluding carboxylic acids is 1. The minimum atomic E-state index is -0.840. The molecule has 4 heteroatoms. The topological polar surface area (TPSA) is 76.1 Å². The number of primary amides is 1. The van der Waals surface area contributed by atoms with E-state index in [-0.39, 0.29) is 0 Å². The summed E-state index contributed by atoms with van der Waals surface area (Å²) in [4.78, 5) is 10.3. The van der Waals surface area contributed by atoms with E-state index in [1.807, 2.05) is 6.07 Å². The number of carbonyl (C=O) groups is 1. The lowest BCUT2D eigenvalue weighted by Crippen LogP contribution is -2.16. The van der Waals surface area contributed by atoms with E-state index < -0.39 is 6.09 Å². The summed E-state index contributed by atoms with van der Waals surface area (Å²) in [5.41, 5.74) is 5.68. The van der Waals surface area contributed by atoms with Crippen molar-refractivity contribution >= 4 is 6.09 Å². The molecule has 0 heterocycles. The van der Waals surface area contributed by atoms with E-state index in [1.54, 1.807) is 24.3 Å². The normalized spacial score (nSPS) is 8.85. The predicted octanol–water partition coefficient (Wildman–Crippen LogP) is 1.21. The van der Waals surface area contributed by atoms with Crippen molar-refractivity contribution < 1.29 is 9.53 Å². The Bertz CT molecular complexity index is 338. The zero-order valence-corrected chi connectivity index (χ0v) is 6.86. The van der Waals surface area contributed by atoms with Gasteiger partial charge in [0.05, 0.1) is 12.5 Å². The molecule has 1 rings (SSSR count). The van der Waals surface area contributed by atoms with E-state index in [9.17, 15) is 4.79 Å². The molecule has 0 saturated carbocycles. The summed E-state index contributed by atoms with van der Waals surface area (Å²) in [7, 11) is 0. The van der Waals surface area contributed by atoms with Crippen molar-refractivity contribution in [1.29, 1.82) is 5.26 Å². The lowest BCUT2D eigenvalue weighted by Gasteiger charge is -2.00. The summed E-state index contributed by atoms with van der Waals surface area (Å²) in [5, 5.41) is 8.38. The number of rotatable bonds is 2. The molecule has 0 aliphatic rings. The Kier molecular flexibility index (Phi) is 2.87. The van der Waals surface area contributed by atoms with Gasteiger partial charge in [-0.25, -0.2) is 4.79 Å². The van der Waals surface area contributed by atoms with E-state index in [0.29, 0.717) is 12.2 Å². The summed E-state index contributed by atoms with van der Waals surface area (Å²) < 4.78 is 4.60. The molecule has 0 spiro atoms. The van der Waals surface area contributed by atoms with Gasteiger partial charge in [-0.1, -0.05) is 12.1 Å². The van der Waals surface area contributed by atoms with Gasteiger partial charge >= 0.3 is 6.09 Å². The molecule has 1 amide bonds. The standard InChI is InChI=1S/C9H8N2O2/c10-6-5-7-1-3-8(4-2-7)13-9(11)12/h1-4H,5H2,(H2,11,12). The minimum Gasteiger partial charge on any atom is -0.411 e. The Morgan fingerprint density at radius 1 is 1.46 bits per heavy atom. The Morgan fingerprint density at radius 2 is 2.08 bits per heavy atom. The fraction of sp³-hybridized carbons (Fsp3) is 0.111. The van der Waals surface area contributed by atoms with E-state index in [4.69, 9.17) is 11.0 Å². The fourth-order valence-electron chi connectivity index (χ4n) is 0.883. The molecule has 0 aromatic heterocycles. The van der Waals surface area contributed by atoms with E-state index in [2.05, 4.69) is 4.74 Å². The number of hydrogen-bond donors (Lipinski definition) is 1. The van der Waals surface area contributed by atoms with Gasteiger partial charge in [-0.15, -0.1) is 0 Å². The summed E-state index contributed by atoms with van der Waals surface area (Å²) in [5.74, 6) is 0.384. The molecule has 0 atom stereocenters. The first-order valence-electron chi connectivity index (χ1n) is 3.65. The van der Waals surface area contributed by atoms with Gasteiger partial charge in [-0.3, -0.25) is 0 Å². The van der Waals surface area contributed by atoms with E-state index in [1.165, 1.54) is 0 Å². The highest BCUT2D eigenvalue weighted by atomic mass is 16.5. The van der Waals surface area contributed by atoms with Crippen LogP contribution in [0.2, 0.25) is 0 Å². The van der Waals surface area contributed by atoms with Gasteiger partial charge in [0.15, 0.2) is 0 Å². The van der Waals surface area contributed by atoms with Crippen LogP contribution in [-0.4, -0.2) is 6.09 Å². The van der Waals surface area contributed by atoms with Crippen LogP contribution in [0.1, 0.15) is 5.56 Å². The molecular formula is C9H8N2O2. The van der Waals surface area contributed by atoms with Gasteiger partial charge in [0.2, 0.25) is 0 Å². The van der Waals surface area contributed by atoms with Crippen molar-refractivity contribution in [1.82, 2.24) is 0 Å². The van der Waals surface area contributed by atoms with Crippen molar-refractivity contribution in [3.63, 3.8) is 0 Å². The van der Waals surface area contributed by atoms with Crippen LogP contribution >= 0.6 is 0 Å². The van der Waals surface area contributed by atoms with Crippen LogP contribution in [0.3, 0.4) is 0 Å². The zero-order valence-electron chi connectivity index (χ0n) is 6.86. The maximum Gasteiger partial charge on any atom is 0.409 e. The van der Waals surface area contributed by atoms with Crippen molar-refractivity contribution in [2.45, 2.75) is 6.42 Å². The monoisotopic (exact) mass is 176 g/mol. The zero-order chi connectivity index (χ0) is 9.68. The third kappa shape index (κ3) is 2.83.